The molecule has 96 valence electrons. The van der Waals surface area contributed by atoms with E-state index in [1.165, 1.54) is 0 Å². The van der Waals surface area contributed by atoms with Gasteiger partial charge < -0.3 is 9.52 Å². The third-order valence-corrected chi connectivity index (χ3v) is 3.34. The highest BCUT2D eigenvalue weighted by atomic mass is 35.5. The summed E-state index contributed by atoms with van der Waals surface area (Å²) in [5.41, 5.74) is 0.703. The van der Waals surface area contributed by atoms with Gasteiger partial charge in [0.1, 0.15) is 5.52 Å². The van der Waals surface area contributed by atoms with Gasteiger partial charge in [0.25, 0.3) is 0 Å². The smallest absolute Gasteiger partial charge is 0.231 e. The predicted octanol–water partition coefficient (Wildman–Crippen LogP) is 3.74. The maximum Gasteiger partial charge on any atom is 0.231 e. The Labute approximate surface area is 115 Å². The Bertz CT molecular complexity index is 719. The molecule has 0 spiro atoms. The molecule has 0 radical (unpaired) electrons. The van der Waals surface area contributed by atoms with E-state index in [4.69, 9.17) is 16.0 Å². The Hall–Kier alpha value is -1.84. The van der Waals surface area contributed by atoms with Crippen molar-refractivity contribution in [3.63, 3.8) is 0 Å². The third-order valence-electron chi connectivity index (χ3n) is 3.10. The number of aliphatic hydroxyl groups is 1. The Morgan fingerprint density at radius 1 is 1.16 bits per heavy atom. The average molecular weight is 274 g/mol. The Morgan fingerprint density at radius 2 is 1.89 bits per heavy atom. The molecular formula is C15H12ClNO2. The molecule has 3 aromatic rings. The minimum Gasteiger partial charge on any atom is -0.437 e. The highest BCUT2D eigenvalue weighted by Gasteiger charge is 2.31. The number of rotatable bonds is 2. The van der Waals surface area contributed by atoms with Gasteiger partial charge in [-0.1, -0.05) is 41.9 Å². The summed E-state index contributed by atoms with van der Waals surface area (Å²) in [7, 11) is 0. The van der Waals surface area contributed by atoms with E-state index in [2.05, 4.69) is 4.98 Å². The lowest BCUT2D eigenvalue weighted by Crippen LogP contribution is -2.22. The van der Waals surface area contributed by atoms with Crippen LogP contribution in [0.25, 0.3) is 11.1 Å². The SMILES string of the molecule is C[C@](O)(c1ccccc1)c1nc2cc(Cl)ccc2o1. The largest absolute Gasteiger partial charge is 0.437 e. The molecule has 3 nitrogen and oxygen atoms in total. The van der Waals surface area contributed by atoms with Gasteiger partial charge in [0.15, 0.2) is 11.2 Å². The van der Waals surface area contributed by atoms with Crippen LogP contribution in [0.2, 0.25) is 5.02 Å². The second-order valence-electron chi connectivity index (χ2n) is 4.57. The zero-order chi connectivity index (χ0) is 13.5. The standard InChI is InChI=1S/C15H12ClNO2/c1-15(18,10-5-3-2-4-6-10)14-17-12-9-11(16)7-8-13(12)19-14/h2-9,18H,1H3/t15-/m0/s1. The molecule has 1 N–H and O–H groups in total. The van der Waals surface area contributed by atoms with Crippen LogP contribution in [0.3, 0.4) is 0 Å². The van der Waals surface area contributed by atoms with Crippen LogP contribution in [-0.4, -0.2) is 10.1 Å². The number of hydrogen-bond donors (Lipinski definition) is 1. The Balaban J connectivity index is 2.13. The van der Waals surface area contributed by atoms with E-state index in [1.54, 1.807) is 25.1 Å². The monoisotopic (exact) mass is 273 g/mol. The molecule has 0 aliphatic heterocycles. The van der Waals surface area contributed by atoms with Gasteiger partial charge in [0, 0.05) is 5.02 Å². The molecule has 0 amide bonds. The minimum atomic E-state index is -1.27. The number of benzene rings is 2. The quantitative estimate of drug-likeness (QED) is 0.774. The summed E-state index contributed by atoms with van der Waals surface area (Å²) in [6.45, 7) is 1.66. The van der Waals surface area contributed by atoms with Crippen molar-refractivity contribution in [2.24, 2.45) is 0 Å². The molecule has 1 heterocycles. The molecule has 3 rings (SSSR count). The van der Waals surface area contributed by atoms with Gasteiger partial charge in [0.05, 0.1) is 0 Å². The lowest BCUT2D eigenvalue weighted by molar-refractivity contribution is 0.0727. The fraction of sp³-hybridized carbons (Fsp3) is 0.133. The van der Waals surface area contributed by atoms with E-state index in [0.717, 1.165) is 5.56 Å². The van der Waals surface area contributed by atoms with Crippen LogP contribution in [0.1, 0.15) is 18.4 Å². The highest BCUT2D eigenvalue weighted by Crippen LogP contribution is 2.31. The predicted molar refractivity (Wildman–Crippen MR) is 74.1 cm³/mol. The summed E-state index contributed by atoms with van der Waals surface area (Å²) in [6.07, 6.45) is 0. The summed E-state index contributed by atoms with van der Waals surface area (Å²) in [5, 5.41) is 11.2. The van der Waals surface area contributed by atoms with E-state index < -0.39 is 5.60 Å². The number of oxazole rings is 1. The lowest BCUT2D eigenvalue weighted by atomic mass is 9.96. The molecule has 0 saturated carbocycles. The van der Waals surface area contributed by atoms with Crippen LogP contribution in [0.15, 0.2) is 52.9 Å². The molecule has 0 aliphatic carbocycles. The fourth-order valence-electron chi connectivity index (χ4n) is 1.99. The zero-order valence-electron chi connectivity index (χ0n) is 10.3. The van der Waals surface area contributed by atoms with Crippen LogP contribution in [0.4, 0.5) is 0 Å². The topological polar surface area (TPSA) is 46.3 Å². The summed E-state index contributed by atoms with van der Waals surface area (Å²) in [5.74, 6) is 0.260. The molecule has 0 unspecified atom stereocenters. The number of hydrogen-bond acceptors (Lipinski definition) is 3. The van der Waals surface area contributed by atoms with E-state index in [9.17, 15) is 5.11 Å². The van der Waals surface area contributed by atoms with Gasteiger partial charge in [0.2, 0.25) is 5.89 Å². The summed E-state index contributed by atoms with van der Waals surface area (Å²) in [4.78, 5) is 4.32. The Kier molecular flexibility index (Phi) is 2.81. The van der Waals surface area contributed by atoms with Crippen LogP contribution in [-0.2, 0) is 5.60 Å². The first-order chi connectivity index (χ1) is 9.07. The molecule has 0 saturated heterocycles. The van der Waals surface area contributed by atoms with Crippen molar-refractivity contribution < 1.29 is 9.52 Å². The van der Waals surface area contributed by atoms with Crippen molar-refractivity contribution in [1.29, 1.82) is 0 Å². The molecule has 4 heteroatoms. The minimum absolute atomic E-state index is 0.260. The van der Waals surface area contributed by atoms with Gasteiger partial charge in [-0.25, -0.2) is 4.98 Å². The van der Waals surface area contributed by atoms with Crippen molar-refractivity contribution in [2.75, 3.05) is 0 Å². The first kappa shape index (κ1) is 12.2. The zero-order valence-corrected chi connectivity index (χ0v) is 11.1. The summed E-state index contributed by atoms with van der Waals surface area (Å²) in [6, 6.07) is 14.5. The highest BCUT2D eigenvalue weighted by molar-refractivity contribution is 6.31. The molecule has 0 aliphatic rings. The summed E-state index contributed by atoms with van der Waals surface area (Å²) >= 11 is 5.92. The van der Waals surface area contributed by atoms with E-state index in [0.29, 0.717) is 16.1 Å². The lowest BCUT2D eigenvalue weighted by Gasteiger charge is -2.19. The first-order valence-corrected chi connectivity index (χ1v) is 6.29. The second-order valence-corrected chi connectivity index (χ2v) is 5.01. The van der Waals surface area contributed by atoms with Gasteiger partial charge in [-0.15, -0.1) is 0 Å². The number of aromatic nitrogens is 1. The Morgan fingerprint density at radius 3 is 2.63 bits per heavy atom. The maximum atomic E-state index is 10.6. The number of halogens is 1. The average Bonchev–Trinajstić information content (AvgIpc) is 2.83. The van der Waals surface area contributed by atoms with Crippen LogP contribution in [0.5, 0.6) is 0 Å². The van der Waals surface area contributed by atoms with Crippen molar-refractivity contribution in [3.8, 4) is 0 Å². The second kappa shape index (κ2) is 4.37. The normalized spacial score (nSPS) is 14.5. The van der Waals surface area contributed by atoms with E-state index >= 15 is 0 Å². The molecule has 0 bridgehead atoms. The van der Waals surface area contributed by atoms with Crippen molar-refractivity contribution >= 4 is 22.7 Å². The first-order valence-electron chi connectivity index (χ1n) is 5.92. The molecular weight excluding hydrogens is 262 g/mol. The van der Waals surface area contributed by atoms with Crippen molar-refractivity contribution in [3.05, 3.63) is 65.0 Å². The van der Waals surface area contributed by atoms with Gasteiger partial charge in [-0.2, -0.15) is 0 Å². The molecule has 19 heavy (non-hydrogen) atoms. The molecule has 1 aromatic heterocycles. The van der Waals surface area contributed by atoms with Crippen LogP contribution in [0, 0.1) is 0 Å². The van der Waals surface area contributed by atoms with Crippen LogP contribution < -0.4 is 0 Å². The van der Waals surface area contributed by atoms with E-state index in [1.807, 2.05) is 30.3 Å². The van der Waals surface area contributed by atoms with Gasteiger partial charge in [-0.05, 0) is 30.7 Å². The molecule has 1 atom stereocenters. The number of fused-ring (bicyclic) bond motifs is 1. The fourth-order valence-corrected chi connectivity index (χ4v) is 2.16. The van der Waals surface area contributed by atoms with E-state index in [-0.39, 0.29) is 5.89 Å². The van der Waals surface area contributed by atoms with Crippen molar-refractivity contribution in [2.45, 2.75) is 12.5 Å². The molecule has 0 fully saturated rings. The maximum absolute atomic E-state index is 10.6. The van der Waals surface area contributed by atoms with Crippen LogP contribution >= 0.6 is 11.6 Å². The molecule has 2 aromatic carbocycles. The third kappa shape index (κ3) is 2.11. The van der Waals surface area contributed by atoms with Crippen molar-refractivity contribution in [1.82, 2.24) is 4.98 Å². The van der Waals surface area contributed by atoms with Gasteiger partial charge in [-0.3, -0.25) is 0 Å². The van der Waals surface area contributed by atoms with Gasteiger partial charge >= 0.3 is 0 Å². The summed E-state index contributed by atoms with van der Waals surface area (Å²) < 4.78 is 5.62. The number of nitrogens with zero attached hydrogens (tertiary/aromatic N) is 1.